The maximum atomic E-state index is 12.8. The van der Waals surface area contributed by atoms with Gasteiger partial charge in [-0.25, -0.2) is 0 Å². The van der Waals surface area contributed by atoms with E-state index in [1.165, 1.54) is 0 Å². The van der Waals surface area contributed by atoms with Crippen LogP contribution in [0.3, 0.4) is 0 Å². The third-order valence-electron chi connectivity index (χ3n) is 5.65. The van der Waals surface area contributed by atoms with Crippen LogP contribution in [0.25, 0.3) is 0 Å². The lowest BCUT2D eigenvalue weighted by Crippen LogP contribution is -2.50. The van der Waals surface area contributed by atoms with Gasteiger partial charge in [0.1, 0.15) is 0 Å². The zero-order chi connectivity index (χ0) is 14.4. The summed E-state index contributed by atoms with van der Waals surface area (Å²) in [6.45, 7) is 1.45. The summed E-state index contributed by atoms with van der Waals surface area (Å²) in [6, 6.07) is 9.54. The van der Waals surface area contributed by atoms with Gasteiger partial charge in [-0.3, -0.25) is 9.59 Å². The van der Waals surface area contributed by atoms with Gasteiger partial charge < -0.3 is 10.2 Å². The third-order valence-corrected chi connectivity index (χ3v) is 5.65. The second kappa shape index (κ2) is 4.58. The number of hydrogen-bond acceptors (Lipinski definition) is 2. The monoisotopic (exact) mass is 284 g/mol. The standard InChI is InChI=1S/C17H20N2O2/c20-15(12-6-2-1-3-7-12)19-11-13-10-18-16(21)17(13)9-5-4-8-14(17)19/h1-3,6-7,13-14H,4-5,8-11H2,(H,18,21). The van der Waals surface area contributed by atoms with Gasteiger partial charge in [0.25, 0.3) is 5.91 Å². The van der Waals surface area contributed by atoms with Crippen molar-refractivity contribution in [1.29, 1.82) is 0 Å². The van der Waals surface area contributed by atoms with Crippen molar-refractivity contribution in [1.82, 2.24) is 10.2 Å². The van der Waals surface area contributed by atoms with E-state index in [1.807, 2.05) is 35.2 Å². The molecule has 3 aliphatic rings. The summed E-state index contributed by atoms with van der Waals surface area (Å²) in [5.74, 6) is 0.563. The minimum Gasteiger partial charge on any atom is -0.355 e. The smallest absolute Gasteiger partial charge is 0.254 e. The molecule has 3 atom stereocenters. The number of nitrogens with zero attached hydrogens (tertiary/aromatic N) is 1. The van der Waals surface area contributed by atoms with Gasteiger partial charge in [0.05, 0.1) is 5.41 Å². The number of likely N-dealkylation sites (tertiary alicyclic amines) is 1. The van der Waals surface area contributed by atoms with Crippen molar-refractivity contribution in [2.24, 2.45) is 11.3 Å². The first-order valence-corrected chi connectivity index (χ1v) is 7.88. The Morgan fingerprint density at radius 1 is 1.24 bits per heavy atom. The fourth-order valence-corrected chi connectivity index (χ4v) is 4.67. The van der Waals surface area contributed by atoms with Crippen LogP contribution < -0.4 is 5.32 Å². The number of carbonyl (C=O) groups excluding carboxylic acids is 2. The maximum absolute atomic E-state index is 12.8. The molecule has 1 saturated carbocycles. The number of hydrogen-bond donors (Lipinski definition) is 1. The molecule has 1 aromatic carbocycles. The first-order valence-electron chi connectivity index (χ1n) is 7.88. The fraction of sp³-hybridized carbons (Fsp3) is 0.529. The summed E-state index contributed by atoms with van der Waals surface area (Å²) in [4.78, 5) is 27.3. The molecule has 21 heavy (non-hydrogen) atoms. The first kappa shape index (κ1) is 12.9. The normalized spacial score (nSPS) is 34.3. The summed E-state index contributed by atoms with van der Waals surface area (Å²) in [6.07, 6.45) is 4.12. The van der Waals surface area contributed by atoms with Gasteiger partial charge in [-0.15, -0.1) is 0 Å². The lowest BCUT2D eigenvalue weighted by atomic mass is 9.67. The van der Waals surface area contributed by atoms with Crippen LogP contribution in [0.5, 0.6) is 0 Å². The molecule has 2 saturated heterocycles. The molecule has 2 aliphatic heterocycles. The van der Waals surface area contributed by atoms with Gasteiger partial charge >= 0.3 is 0 Å². The first-order chi connectivity index (χ1) is 10.2. The molecule has 110 valence electrons. The average molecular weight is 284 g/mol. The molecule has 2 heterocycles. The minimum atomic E-state index is -0.303. The summed E-state index contributed by atoms with van der Waals surface area (Å²) in [7, 11) is 0. The van der Waals surface area contributed by atoms with E-state index in [2.05, 4.69) is 5.32 Å². The lowest BCUT2D eigenvalue weighted by Gasteiger charge is -2.39. The Bertz CT molecular complexity index is 586. The summed E-state index contributed by atoms with van der Waals surface area (Å²) in [5, 5.41) is 3.03. The Balaban J connectivity index is 1.69. The van der Waals surface area contributed by atoms with E-state index in [0.717, 1.165) is 44.3 Å². The van der Waals surface area contributed by atoms with Crippen LogP contribution in [0.2, 0.25) is 0 Å². The van der Waals surface area contributed by atoms with Gasteiger partial charge in [0, 0.05) is 30.6 Å². The number of amides is 2. The van der Waals surface area contributed by atoms with Crippen LogP contribution in [0.4, 0.5) is 0 Å². The Kier molecular flexibility index (Phi) is 2.81. The van der Waals surface area contributed by atoms with Crippen LogP contribution in [0.1, 0.15) is 36.0 Å². The third kappa shape index (κ3) is 1.68. The van der Waals surface area contributed by atoms with Crippen molar-refractivity contribution >= 4 is 11.8 Å². The molecular weight excluding hydrogens is 264 g/mol. The summed E-state index contributed by atoms with van der Waals surface area (Å²) >= 11 is 0. The summed E-state index contributed by atoms with van der Waals surface area (Å²) < 4.78 is 0. The quantitative estimate of drug-likeness (QED) is 0.855. The van der Waals surface area contributed by atoms with Gasteiger partial charge in [-0.2, -0.15) is 0 Å². The molecule has 1 spiro atoms. The SMILES string of the molecule is O=C(c1ccccc1)N1CC2CNC(=O)C23CCCCC13. The van der Waals surface area contributed by atoms with Gasteiger partial charge in [0.15, 0.2) is 0 Å². The molecule has 1 aliphatic carbocycles. The molecular formula is C17H20N2O2. The second-order valence-electron chi connectivity index (χ2n) is 6.53. The van der Waals surface area contributed by atoms with Crippen LogP contribution in [-0.4, -0.2) is 35.8 Å². The molecule has 1 N–H and O–H groups in total. The highest BCUT2D eigenvalue weighted by atomic mass is 16.2. The number of carbonyl (C=O) groups is 2. The van der Waals surface area contributed by atoms with Crippen LogP contribution in [-0.2, 0) is 4.79 Å². The highest BCUT2D eigenvalue weighted by molar-refractivity contribution is 5.96. The molecule has 4 heteroatoms. The van der Waals surface area contributed by atoms with Crippen molar-refractivity contribution in [2.45, 2.75) is 31.7 Å². The van der Waals surface area contributed by atoms with Crippen molar-refractivity contribution in [3.8, 4) is 0 Å². The highest BCUT2D eigenvalue weighted by Gasteiger charge is 2.63. The molecule has 4 nitrogen and oxygen atoms in total. The predicted octanol–water partition coefficient (Wildman–Crippen LogP) is 1.82. The van der Waals surface area contributed by atoms with Crippen LogP contribution in [0, 0.1) is 11.3 Å². The summed E-state index contributed by atoms with van der Waals surface area (Å²) in [5.41, 5.74) is 0.432. The number of nitrogens with one attached hydrogen (secondary N) is 1. The van der Waals surface area contributed by atoms with Gasteiger partial charge in [-0.05, 0) is 25.0 Å². The molecule has 2 amide bonds. The Morgan fingerprint density at radius 3 is 2.86 bits per heavy atom. The van der Waals surface area contributed by atoms with E-state index < -0.39 is 0 Å². The molecule has 0 radical (unpaired) electrons. The van der Waals surface area contributed by atoms with E-state index in [-0.39, 0.29) is 23.3 Å². The minimum absolute atomic E-state index is 0.0871. The molecule has 1 aromatic rings. The zero-order valence-electron chi connectivity index (χ0n) is 12.0. The highest BCUT2D eigenvalue weighted by Crippen LogP contribution is 2.52. The molecule has 3 fully saturated rings. The molecule has 4 rings (SSSR count). The Hall–Kier alpha value is -1.84. The van der Waals surface area contributed by atoms with E-state index in [4.69, 9.17) is 0 Å². The Labute approximate surface area is 124 Å². The number of rotatable bonds is 1. The molecule has 0 aromatic heterocycles. The van der Waals surface area contributed by atoms with E-state index >= 15 is 0 Å². The van der Waals surface area contributed by atoms with Gasteiger partial charge in [-0.1, -0.05) is 31.0 Å². The van der Waals surface area contributed by atoms with Crippen LogP contribution >= 0.6 is 0 Å². The van der Waals surface area contributed by atoms with Crippen molar-refractivity contribution in [3.63, 3.8) is 0 Å². The zero-order valence-corrected chi connectivity index (χ0v) is 12.0. The van der Waals surface area contributed by atoms with E-state index in [9.17, 15) is 9.59 Å². The van der Waals surface area contributed by atoms with Crippen molar-refractivity contribution in [3.05, 3.63) is 35.9 Å². The second-order valence-corrected chi connectivity index (χ2v) is 6.53. The fourth-order valence-electron chi connectivity index (χ4n) is 4.67. The molecule has 0 bridgehead atoms. The van der Waals surface area contributed by atoms with Gasteiger partial charge in [0.2, 0.25) is 5.91 Å². The number of benzene rings is 1. The lowest BCUT2D eigenvalue weighted by molar-refractivity contribution is -0.131. The van der Waals surface area contributed by atoms with Crippen LogP contribution in [0.15, 0.2) is 30.3 Å². The van der Waals surface area contributed by atoms with E-state index in [1.54, 1.807) is 0 Å². The Morgan fingerprint density at radius 2 is 2.05 bits per heavy atom. The largest absolute Gasteiger partial charge is 0.355 e. The predicted molar refractivity (Wildman–Crippen MR) is 78.7 cm³/mol. The van der Waals surface area contributed by atoms with Crippen molar-refractivity contribution < 1.29 is 9.59 Å². The molecule has 3 unspecified atom stereocenters. The maximum Gasteiger partial charge on any atom is 0.254 e. The van der Waals surface area contributed by atoms with Crippen molar-refractivity contribution in [2.75, 3.05) is 13.1 Å². The topological polar surface area (TPSA) is 49.4 Å². The van der Waals surface area contributed by atoms with E-state index in [0.29, 0.717) is 5.92 Å². The average Bonchev–Trinajstić information content (AvgIpc) is 3.02.